The van der Waals surface area contributed by atoms with Gasteiger partial charge in [0.1, 0.15) is 11.8 Å². The summed E-state index contributed by atoms with van der Waals surface area (Å²) in [6, 6.07) is 24.4. The van der Waals surface area contributed by atoms with Crippen molar-refractivity contribution in [2.75, 3.05) is 13.2 Å². The van der Waals surface area contributed by atoms with E-state index in [2.05, 4.69) is 10.0 Å². The van der Waals surface area contributed by atoms with Gasteiger partial charge in [0.05, 0.1) is 11.5 Å². The van der Waals surface area contributed by atoms with E-state index in [-0.39, 0.29) is 17.2 Å². The highest BCUT2D eigenvalue weighted by atomic mass is 32.2. The molecule has 0 unspecified atom stereocenters. The van der Waals surface area contributed by atoms with Crippen molar-refractivity contribution in [3.63, 3.8) is 0 Å². The highest BCUT2D eigenvalue weighted by Gasteiger charge is 2.26. The predicted molar refractivity (Wildman–Crippen MR) is 125 cm³/mol. The van der Waals surface area contributed by atoms with E-state index >= 15 is 0 Å². The lowest BCUT2D eigenvalue weighted by Gasteiger charge is -2.19. The summed E-state index contributed by atoms with van der Waals surface area (Å²) >= 11 is 0. The molecule has 7 heteroatoms. The highest BCUT2D eigenvalue weighted by Crippen LogP contribution is 2.17. The lowest BCUT2D eigenvalue weighted by atomic mass is 10.1. The molecule has 0 heterocycles. The first-order valence-electron chi connectivity index (χ1n) is 10.6. The Bertz CT molecular complexity index is 1090. The van der Waals surface area contributed by atoms with E-state index in [0.29, 0.717) is 25.3 Å². The number of hydrogen-bond donors (Lipinski definition) is 2. The number of hydrogen-bond acceptors (Lipinski definition) is 4. The predicted octanol–water partition coefficient (Wildman–Crippen LogP) is 3.33. The Morgan fingerprint density at radius 1 is 0.875 bits per heavy atom. The molecule has 0 saturated carbocycles. The summed E-state index contributed by atoms with van der Waals surface area (Å²) in [5, 5.41) is 2.87. The van der Waals surface area contributed by atoms with Gasteiger partial charge in [0.25, 0.3) is 0 Å². The van der Waals surface area contributed by atoms with E-state index in [1.807, 2.05) is 67.6 Å². The molecule has 0 fully saturated rings. The number of nitrogens with one attached hydrogen (secondary N) is 2. The van der Waals surface area contributed by atoms with Crippen molar-refractivity contribution in [3.8, 4) is 5.75 Å². The molecule has 32 heavy (non-hydrogen) atoms. The Labute approximate surface area is 189 Å². The summed E-state index contributed by atoms with van der Waals surface area (Å²) in [4.78, 5) is 13.0. The molecule has 0 aliphatic carbocycles. The number of carbonyl (C=O) groups is 1. The summed E-state index contributed by atoms with van der Waals surface area (Å²) in [5.74, 6) is 0.227. The van der Waals surface area contributed by atoms with Crippen molar-refractivity contribution < 1.29 is 17.9 Å². The minimum Gasteiger partial charge on any atom is -0.494 e. The van der Waals surface area contributed by atoms with Crippen molar-refractivity contribution in [1.82, 2.24) is 10.0 Å². The largest absolute Gasteiger partial charge is 0.494 e. The molecule has 1 amide bonds. The van der Waals surface area contributed by atoms with Gasteiger partial charge in [0.2, 0.25) is 15.9 Å². The molecule has 0 radical (unpaired) electrons. The van der Waals surface area contributed by atoms with Gasteiger partial charge in [0.15, 0.2) is 0 Å². The SMILES string of the molecule is CCOc1ccc(S(=O)(=O)N[C@H](Cc2ccccc2)C(=O)NCCc2ccccc2)cc1. The average molecular weight is 453 g/mol. The van der Waals surface area contributed by atoms with E-state index in [4.69, 9.17) is 4.74 Å². The third kappa shape index (κ3) is 6.93. The molecule has 3 aromatic rings. The molecule has 6 nitrogen and oxygen atoms in total. The fraction of sp³-hybridized carbons (Fsp3) is 0.240. The molecule has 3 aromatic carbocycles. The van der Waals surface area contributed by atoms with Crippen LogP contribution in [0.25, 0.3) is 0 Å². The van der Waals surface area contributed by atoms with Gasteiger partial charge in [-0.15, -0.1) is 0 Å². The Kier molecular flexibility index (Phi) is 8.41. The van der Waals surface area contributed by atoms with Gasteiger partial charge < -0.3 is 10.1 Å². The molecule has 168 valence electrons. The van der Waals surface area contributed by atoms with Crippen LogP contribution in [-0.2, 0) is 27.7 Å². The first-order valence-corrected chi connectivity index (χ1v) is 12.1. The molecule has 0 aromatic heterocycles. The lowest BCUT2D eigenvalue weighted by Crippen LogP contribution is -2.48. The normalized spacial score (nSPS) is 12.2. The van der Waals surface area contributed by atoms with Crippen molar-refractivity contribution >= 4 is 15.9 Å². The van der Waals surface area contributed by atoms with Crippen molar-refractivity contribution in [3.05, 3.63) is 96.1 Å². The molecule has 0 aliphatic heterocycles. The summed E-state index contributed by atoms with van der Waals surface area (Å²) in [6.45, 7) is 2.77. The number of ether oxygens (including phenoxy) is 1. The number of amides is 1. The van der Waals surface area contributed by atoms with Gasteiger partial charge in [-0.1, -0.05) is 60.7 Å². The highest BCUT2D eigenvalue weighted by molar-refractivity contribution is 7.89. The summed E-state index contributed by atoms with van der Waals surface area (Å²) < 4.78 is 33.9. The second-order valence-electron chi connectivity index (χ2n) is 7.29. The van der Waals surface area contributed by atoms with E-state index in [1.165, 1.54) is 12.1 Å². The van der Waals surface area contributed by atoms with Gasteiger partial charge in [-0.25, -0.2) is 8.42 Å². The standard InChI is InChI=1S/C25H28N2O4S/c1-2-31-22-13-15-23(16-14-22)32(29,30)27-24(19-21-11-7-4-8-12-21)25(28)26-18-17-20-9-5-3-6-10-20/h3-16,24,27H,2,17-19H2,1H3,(H,26,28)/t24-/m1/s1. The van der Waals surface area contributed by atoms with Gasteiger partial charge in [0, 0.05) is 6.54 Å². The van der Waals surface area contributed by atoms with Crippen LogP contribution in [0.4, 0.5) is 0 Å². The zero-order valence-corrected chi connectivity index (χ0v) is 18.8. The fourth-order valence-corrected chi connectivity index (χ4v) is 4.47. The number of carbonyl (C=O) groups excluding carboxylic acids is 1. The third-order valence-corrected chi connectivity index (χ3v) is 6.38. The molecule has 2 N–H and O–H groups in total. The molecule has 0 spiro atoms. The summed E-state index contributed by atoms with van der Waals surface area (Å²) in [7, 11) is -3.90. The minimum atomic E-state index is -3.90. The van der Waals surface area contributed by atoms with Crippen LogP contribution in [0.5, 0.6) is 5.75 Å². The second kappa shape index (κ2) is 11.5. The first kappa shape index (κ1) is 23.5. The maximum atomic E-state index is 13.0. The van der Waals surface area contributed by atoms with E-state index in [0.717, 1.165) is 11.1 Å². The zero-order chi connectivity index (χ0) is 22.8. The van der Waals surface area contributed by atoms with Crippen LogP contribution in [0.1, 0.15) is 18.1 Å². The smallest absolute Gasteiger partial charge is 0.241 e. The zero-order valence-electron chi connectivity index (χ0n) is 18.0. The van der Waals surface area contributed by atoms with E-state index in [9.17, 15) is 13.2 Å². The van der Waals surface area contributed by atoms with Crippen molar-refractivity contribution in [2.45, 2.75) is 30.7 Å². The van der Waals surface area contributed by atoms with Gasteiger partial charge in [-0.2, -0.15) is 4.72 Å². The van der Waals surface area contributed by atoms with E-state index < -0.39 is 16.1 Å². The number of benzene rings is 3. The van der Waals surface area contributed by atoms with Crippen LogP contribution in [0.15, 0.2) is 89.8 Å². The van der Waals surface area contributed by atoms with Crippen LogP contribution in [-0.4, -0.2) is 33.5 Å². The van der Waals surface area contributed by atoms with Gasteiger partial charge in [-0.3, -0.25) is 4.79 Å². The van der Waals surface area contributed by atoms with Crippen LogP contribution in [0, 0.1) is 0 Å². The van der Waals surface area contributed by atoms with Crippen LogP contribution < -0.4 is 14.8 Å². The van der Waals surface area contributed by atoms with Crippen molar-refractivity contribution in [2.24, 2.45) is 0 Å². The number of rotatable bonds is 11. The van der Waals surface area contributed by atoms with Gasteiger partial charge >= 0.3 is 0 Å². The summed E-state index contributed by atoms with van der Waals surface area (Å²) in [5.41, 5.74) is 1.97. The van der Waals surface area contributed by atoms with Crippen LogP contribution in [0.2, 0.25) is 0 Å². The Morgan fingerprint density at radius 2 is 1.47 bits per heavy atom. The molecular weight excluding hydrogens is 424 g/mol. The van der Waals surface area contributed by atoms with E-state index in [1.54, 1.807) is 12.1 Å². The monoisotopic (exact) mass is 452 g/mol. The average Bonchev–Trinajstić information content (AvgIpc) is 2.80. The summed E-state index contributed by atoms with van der Waals surface area (Å²) in [6.07, 6.45) is 0.907. The molecule has 0 saturated heterocycles. The Hall–Kier alpha value is -3.16. The first-order chi connectivity index (χ1) is 15.5. The Balaban J connectivity index is 1.71. The number of sulfonamides is 1. The molecule has 0 aliphatic rings. The second-order valence-corrected chi connectivity index (χ2v) is 9.01. The quantitative estimate of drug-likeness (QED) is 0.467. The molecule has 1 atom stereocenters. The maximum absolute atomic E-state index is 13.0. The topological polar surface area (TPSA) is 84.5 Å². The fourth-order valence-electron chi connectivity index (χ4n) is 3.27. The third-order valence-electron chi connectivity index (χ3n) is 4.90. The van der Waals surface area contributed by atoms with Crippen molar-refractivity contribution in [1.29, 1.82) is 0 Å². The molecule has 3 rings (SSSR count). The maximum Gasteiger partial charge on any atom is 0.241 e. The lowest BCUT2D eigenvalue weighted by molar-refractivity contribution is -0.122. The molecule has 0 bridgehead atoms. The Morgan fingerprint density at radius 3 is 2.06 bits per heavy atom. The molecular formula is C25H28N2O4S. The van der Waals surface area contributed by atoms with Gasteiger partial charge in [-0.05, 0) is 55.2 Å². The van der Waals surface area contributed by atoms with Crippen LogP contribution >= 0.6 is 0 Å². The minimum absolute atomic E-state index is 0.0797. The van der Waals surface area contributed by atoms with Crippen LogP contribution in [0.3, 0.4) is 0 Å².